The van der Waals surface area contributed by atoms with Crippen molar-refractivity contribution in [3.63, 3.8) is 0 Å². The molecule has 1 saturated heterocycles. The molecule has 18 atom stereocenters. The molecule has 0 aromatic rings. The van der Waals surface area contributed by atoms with Gasteiger partial charge in [0.1, 0.15) is 36.0 Å². The molecule has 150 heavy (non-hydrogen) atoms. The molecule has 0 aromatic carbocycles. The van der Waals surface area contributed by atoms with Crippen molar-refractivity contribution in [1.29, 1.82) is 0 Å². The summed E-state index contributed by atoms with van der Waals surface area (Å²) in [6, 6.07) is -15.4. The Bertz CT molecular complexity index is 4720. The van der Waals surface area contributed by atoms with Gasteiger partial charge in [-0.05, 0) is 132 Å². The molecule has 1 fully saturated rings. The van der Waals surface area contributed by atoms with Crippen LogP contribution in [0.1, 0.15) is 291 Å². The molecule has 0 aromatic heterocycles. The van der Waals surface area contributed by atoms with Gasteiger partial charge in [-0.2, -0.15) is 0 Å². The number of carbonyl (C=O) groups is 26. The molecular formula is C104H168N12O34. The molecule has 12 amide bonds. The molecule has 46 nitrogen and oxygen atoms in total. The van der Waals surface area contributed by atoms with Crippen molar-refractivity contribution in [3.8, 4) is 0 Å². The van der Waals surface area contributed by atoms with Gasteiger partial charge < -0.3 is 106 Å². The molecule has 1 aliphatic rings. The molecule has 1 rings (SSSR count). The lowest BCUT2D eigenvalue weighted by molar-refractivity contribution is -0.157. The van der Waals surface area contributed by atoms with Crippen molar-refractivity contribution in [1.82, 2.24) is 60.5 Å². The minimum Gasteiger partial charge on any atom is -0.481 e. The predicted octanol–water partition coefficient (Wildman–Crippen LogP) is 5.01. The molecule has 848 valence electrons. The first-order valence-corrected chi connectivity index (χ1v) is 51.7. The van der Waals surface area contributed by atoms with E-state index in [-0.39, 0.29) is 68.6 Å². The smallest absolute Gasteiger partial charge is 0.305 e. The van der Waals surface area contributed by atoms with Crippen LogP contribution in [0.2, 0.25) is 0 Å². The zero-order chi connectivity index (χ0) is 116. The summed E-state index contributed by atoms with van der Waals surface area (Å²) in [4.78, 5) is 371. The Morgan fingerprint density at radius 1 is 0.373 bits per heavy atom. The lowest BCUT2D eigenvalue weighted by atomic mass is 9.84. The number of likely N-dealkylation sites (N-methyl/N-ethyl adjacent to an activating group) is 7. The summed E-state index contributed by atoms with van der Waals surface area (Å²) in [5.74, 6) is -39.2. The highest BCUT2D eigenvalue weighted by Gasteiger charge is 2.48. The first-order valence-electron chi connectivity index (χ1n) is 51.7. The van der Waals surface area contributed by atoms with E-state index < -0.39 is 421 Å². The number of aliphatic hydroxyl groups excluding tert-OH is 1. The van der Waals surface area contributed by atoms with Gasteiger partial charge in [0.25, 0.3) is 0 Å². The summed E-state index contributed by atoms with van der Waals surface area (Å²) < 4.78 is 0. The van der Waals surface area contributed by atoms with Gasteiger partial charge in [0, 0.05) is 188 Å². The van der Waals surface area contributed by atoms with Gasteiger partial charge in [0.15, 0.2) is 34.7 Å². The van der Waals surface area contributed by atoms with Crippen LogP contribution in [0.4, 0.5) is 0 Å². The molecule has 0 bridgehead atoms. The van der Waals surface area contributed by atoms with Crippen LogP contribution in [0.3, 0.4) is 0 Å². The molecule has 0 spiro atoms. The van der Waals surface area contributed by atoms with Crippen LogP contribution in [-0.4, -0.2) is 369 Å². The second-order valence-corrected chi connectivity index (χ2v) is 42.6. The SMILES string of the molecule is CC[C@@H]1CC(=O)[C@H]([C@H](O)[C@H](C)CCN(CCC(=O)O)C(=O)CCC(=O)[C@@H](CCC(=O)O)NC(=O)[C@@H](CCC(=O)O)CC(=O)[C@@H](CCC(=O)O)NC(=O)[C@@H](CCC(=O)O)CC(=O)[C@@H](CCC(=O)O)NC(=O)[C@@H](CCC(=O)O)CC(C)=O)N(C)C(=O)[C@H](C(C)C)N(C)C(=O)[C@H](CC(C)C)N(C)C(=O)[C@H](CC(C)C)N(C)C(=O)[C@@H](C)NC(=O)[C@H](C)CC(=O)[C@H](CC(C)C)N(C)C(=O)[C@H](C(C)C)CC(=O)[C@H](CC(C)C)N(C)C(=O)CN(C)C1=O. The zero-order valence-electron chi connectivity index (χ0n) is 91.8. The Hall–Kier alpha value is -12.4. The minimum atomic E-state index is -2.01. The Morgan fingerprint density at radius 3 is 1.12 bits per heavy atom. The monoisotopic (exact) mass is 2130 g/mol. The second kappa shape index (κ2) is 65.6. The van der Waals surface area contributed by atoms with E-state index >= 15 is 19.2 Å². The van der Waals surface area contributed by atoms with E-state index in [0.717, 1.165) is 38.5 Å². The van der Waals surface area contributed by atoms with E-state index in [0.29, 0.717) is 0 Å². The molecule has 0 saturated carbocycles. The highest BCUT2D eigenvalue weighted by molar-refractivity contribution is 6.02. The fraction of sp³-hybridized carbons (Fsp3) is 0.750. The van der Waals surface area contributed by atoms with Crippen LogP contribution in [-0.2, 0) is 125 Å². The molecule has 0 unspecified atom stereocenters. The topological polar surface area (TPSA) is 680 Å². The van der Waals surface area contributed by atoms with Crippen LogP contribution in [0.15, 0.2) is 0 Å². The van der Waals surface area contributed by atoms with Gasteiger partial charge in [-0.1, -0.05) is 104 Å². The molecule has 1 aliphatic heterocycles. The van der Waals surface area contributed by atoms with Gasteiger partial charge in [-0.25, -0.2) is 0 Å². The number of Topliss-reactive ketones (excluding diaryl/α,β-unsaturated/α-hetero) is 7. The number of nitrogens with zero attached hydrogens (tertiary/aromatic N) is 8. The van der Waals surface area contributed by atoms with Gasteiger partial charge in [0.05, 0.1) is 49.3 Å². The van der Waals surface area contributed by atoms with E-state index in [1.165, 1.54) is 77.8 Å². The van der Waals surface area contributed by atoms with Crippen LogP contribution < -0.4 is 21.3 Å². The molecule has 0 radical (unpaired) electrons. The summed E-state index contributed by atoms with van der Waals surface area (Å²) in [6.45, 7) is 26.2. The van der Waals surface area contributed by atoms with E-state index in [2.05, 4.69) is 21.3 Å². The Labute approximate surface area is 878 Å². The summed E-state index contributed by atoms with van der Waals surface area (Å²) in [5.41, 5.74) is 0. The molecule has 0 aliphatic carbocycles. The summed E-state index contributed by atoms with van der Waals surface area (Å²) in [7, 11) is 9.26. The quantitative estimate of drug-likeness (QED) is 0.0381. The molecule has 46 heteroatoms. The number of carboxylic acid groups (broad SMARTS) is 7. The molecule has 12 N–H and O–H groups in total. The summed E-state index contributed by atoms with van der Waals surface area (Å²) in [6.07, 6.45) is -17.9. The van der Waals surface area contributed by atoms with Crippen molar-refractivity contribution in [2.75, 3.05) is 69.0 Å². The zero-order valence-corrected chi connectivity index (χ0v) is 91.8. The van der Waals surface area contributed by atoms with E-state index in [9.17, 15) is 146 Å². The van der Waals surface area contributed by atoms with Crippen LogP contribution in [0.5, 0.6) is 0 Å². The van der Waals surface area contributed by atoms with E-state index in [1.54, 1.807) is 62.3 Å². The van der Waals surface area contributed by atoms with Crippen molar-refractivity contribution in [2.24, 2.45) is 76.9 Å². The predicted molar refractivity (Wildman–Crippen MR) is 542 cm³/mol. The van der Waals surface area contributed by atoms with Crippen molar-refractivity contribution in [3.05, 3.63) is 0 Å². The van der Waals surface area contributed by atoms with Gasteiger partial charge in [-0.15, -0.1) is 0 Å². The lowest BCUT2D eigenvalue weighted by Crippen LogP contribution is -2.62. The van der Waals surface area contributed by atoms with Gasteiger partial charge in [0.2, 0.25) is 70.9 Å². The fourth-order valence-electron chi connectivity index (χ4n) is 18.3. The number of rotatable bonds is 55. The average molecular weight is 2130 g/mol. The second-order valence-electron chi connectivity index (χ2n) is 42.6. The summed E-state index contributed by atoms with van der Waals surface area (Å²) in [5, 5.41) is 90.7. The Morgan fingerprint density at radius 2 is 0.733 bits per heavy atom. The first-order chi connectivity index (χ1) is 69.5. The molecule has 1 heterocycles. The lowest BCUT2D eigenvalue weighted by Gasteiger charge is -2.42. The number of amides is 12. The number of hydrogen-bond donors (Lipinski definition) is 12. The number of aliphatic hydroxyl groups is 1. The van der Waals surface area contributed by atoms with Crippen LogP contribution >= 0.6 is 0 Å². The van der Waals surface area contributed by atoms with Crippen molar-refractivity contribution < 1.29 is 166 Å². The first kappa shape index (κ1) is 136. The third-order valence-electron chi connectivity index (χ3n) is 27.4. The maximum Gasteiger partial charge on any atom is 0.305 e. The van der Waals surface area contributed by atoms with Crippen molar-refractivity contribution >= 4 is 153 Å². The molecular weight excluding hydrogens is 1960 g/mol. The Balaban J connectivity index is 4.38. The van der Waals surface area contributed by atoms with Crippen LogP contribution in [0, 0.1) is 76.9 Å². The normalized spacial score (nSPS) is 21.3. The maximum atomic E-state index is 15.9. The Kier molecular flexibility index (Phi) is 59.3. The van der Waals surface area contributed by atoms with Gasteiger partial charge >= 0.3 is 41.8 Å². The standard InChI is InChI=1S/C104H168N12O34/c1-25-65-50-82(123)93(115(24)104(150)92(60(12)13)114(23)103(149)76(47-58(8)9)113(22)102(148)75(46-57(6)7)112(21)99(145)64(17)105-95(141)62(15)48-80(121)74(45-56(4)5)111(20)101(147)69(59(10)11)53-81(122)73(44-55(2)3)110(19)84(125)54-109(18)100(65)146)94(140)61(14)40-42-116(43-41-91(138)139)83(124)33-32-77(118)70(29-37-88(132)133)106-97(143)67(27-35-86(128)129)51-79(120)72(31-39-90(136)137)108-98(144)68(28-36-87(130)131)52-78(119)71(30-38-89(134)135)107-96(142)66(49-63(16)117)26-34-85(126)127/h55-62,64-76,92-94,140H,25-54H2,1-24H3,(H,105,141)(H,106,143)(H,107,142)(H,108,144)(H,126,127)(H,128,129)(H,130,131)(H,132,133)(H,134,135)(H,136,137)(H,138,139)/t61-,62-,64-,65-,66+,67+,68+,69+,70-,71-,72-,73+,74+,75+,76+,92+,93-,94-/m1/s1. The van der Waals surface area contributed by atoms with Crippen molar-refractivity contribution in [2.45, 2.75) is 358 Å². The van der Waals surface area contributed by atoms with E-state index in [1.807, 2.05) is 27.7 Å². The number of aliphatic carboxylic acids is 7. The number of nitrogens with one attached hydrogen (secondary N) is 4. The third-order valence-corrected chi connectivity index (χ3v) is 27.4. The van der Waals surface area contributed by atoms with Gasteiger partial charge in [-0.3, -0.25) is 120 Å². The highest BCUT2D eigenvalue weighted by Crippen LogP contribution is 2.32. The minimum absolute atomic E-state index is 0.0270. The largest absolute Gasteiger partial charge is 0.481 e. The number of hydrogen-bond acceptors (Lipinski definition) is 27. The number of ketones is 7. The van der Waals surface area contributed by atoms with E-state index in [4.69, 9.17) is 0 Å². The highest BCUT2D eigenvalue weighted by atomic mass is 16.4. The fourth-order valence-corrected chi connectivity index (χ4v) is 18.3. The summed E-state index contributed by atoms with van der Waals surface area (Å²) >= 11 is 0. The number of carboxylic acids is 7. The maximum absolute atomic E-state index is 15.9. The number of carbonyl (C=O) groups excluding carboxylic acids is 19. The average Bonchev–Trinajstić information content (AvgIpc) is 0.809. The third kappa shape index (κ3) is 46.2. The van der Waals surface area contributed by atoms with Crippen LogP contribution in [0.25, 0.3) is 0 Å².